The molecule has 0 atom stereocenters. The molecule has 0 aliphatic carbocycles. The molecule has 1 aliphatic heterocycles. The van der Waals surface area contributed by atoms with Crippen molar-refractivity contribution >= 4 is 27.0 Å². The molecule has 1 amide bonds. The van der Waals surface area contributed by atoms with Crippen molar-refractivity contribution in [2.24, 2.45) is 0 Å². The van der Waals surface area contributed by atoms with Gasteiger partial charge < -0.3 is 4.90 Å². The van der Waals surface area contributed by atoms with E-state index < -0.39 is 26.6 Å². The highest BCUT2D eigenvalue weighted by Crippen LogP contribution is 2.22. The summed E-state index contributed by atoms with van der Waals surface area (Å²) in [6.45, 7) is 0.858. The lowest BCUT2D eigenvalue weighted by Crippen LogP contribution is -2.50. The summed E-state index contributed by atoms with van der Waals surface area (Å²) < 4.78 is 55.6. The topological polar surface area (TPSA) is 88.4 Å². The van der Waals surface area contributed by atoms with Crippen LogP contribution in [0.5, 0.6) is 0 Å². The molecule has 8 nitrogen and oxygen atoms in total. The largest absolute Gasteiger partial charge is 0.336 e. The van der Waals surface area contributed by atoms with E-state index >= 15 is 0 Å². The number of fused-ring (bicyclic) bond motifs is 1. The zero-order valence-corrected chi connectivity index (χ0v) is 19.3. The van der Waals surface area contributed by atoms with Gasteiger partial charge in [0.2, 0.25) is 10.0 Å². The van der Waals surface area contributed by atoms with Gasteiger partial charge in [0.15, 0.2) is 0 Å². The van der Waals surface area contributed by atoms with E-state index in [1.165, 1.54) is 0 Å². The third-order valence-electron chi connectivity index (χ3n) is 5.99. The van der Waals surface area contributed by atoms with Crippen LogP contribution >= 0.6 is 0 Å². The summed E-state index contributed by atoms with van der Waals surface area (Å²) in [6.07, 6.45) is 0. The van der Waals surface area contributed by atoms with Crippen molar-refractivity contribution in [2.45, 2.75) is 11.4 Å². The molecule has 1 fully saturated rings. The Morgan fingerprint density at radius 3 is 2.34 bits per heavy atom. The van der Waals surface area contributed by atoms with Crippen LogP contribution in [0.2, 0.25) is 0 Å². The van der Waals surface area contributed by atoms with Crippen LogP contribution in [0.25, 0.3) is 11.0 Å². The highest BCUT2D eigenvalue weighted by atomic mass is 32.2. The third-order valence-corrected chi connectivity index (χ3v) is 7.92. The lowest BCUT2D eigenvalue weighted by atomic mass is 10.1. The molecule has 0 bridgehead atoms. The van der Waals surface area contributed by atoms with E-state index in [9.17, 15) is 22.0 Å². The lowest BCUT2D eigenvalue weighted by Gasteiger charge is -2.34. The molecule has 1 aromatic heterocycles. The first-order valence-electron chi connectivity index (χ1n) is 10.9. The van der Waals surface area contributed by atoms with E-state index in [0.717, 1.165) is 33.0 Å². The van der Waals surface area contributed by atoms with E-state index in [0.29, 0.717) is 18.2 Å². The van der Waals surface area contributed by atoms with Crippen molar-refractivity contribution in [1.29, 1.82) is 0 Å². The second-order valence-corrected chi connectivity index (χ2v) is 10.1. The Hall–Kier alpha value is -3.70. The van der Waals surface area contributed by atoms with E-state index in [4.69, 9.17) is 0 Å². The Balaban J connectivity index is 1.23. The van der Waals surface area contributed by atoms with Gasteiger partial charge >= 0.3 is 0 Å². The summed E-state index contributed by atoms with van der Waals surface area (Å²) in [5.41, 5.74) is 3.16. The van der Waals surface area contributed by atoms with Gasteiger partial charge in [0.1, 0.15) is 22.0 Å². The highest BCUT2D eigenvalue weighted by molar-refractivity contribution is 7.89. The monoisotopic (exact) mass is 497 g/mol. The van der Waals surface area contributed by atoms with E-state index in [1.54, 1.807) is 21.7 Å². The van der Waals surface area contributed by atoms with E-state index in [1.807, 2.05) is 36.4 Å². The summed E-state index contributed by atoms with van der Waals surface area (Å²) in [5.74, 6) is -2.20. The van der Waals surface area contributed by atoms with Crippen molar-refractivity contribution in [3.63, 3.8) is 0 Å². The van der Waals surface area contributed by atoms with Crippen LogP contribution in [0.15, 0.2) is 71.6 Å². The Labute approximate surface area is 200 Å². The predicted molar refractivity (Wildman–Crippen MR) is 124 cm³/mol. The van der Waals surface area contributed by atoms with Crippen LogP contribution in [0.3, 0.4) is 0 Å². The summed E-state index contributed by atoms with van der Waals surface area (Å²) in [5, 5.41) is 8.32. The Bertz CT molecular complexity index is 1500. The van der Waals surface area contributed by atoms with E-state index in [-0.39, 0.29) is 32.1 Å². The Kier molecular flexibility index (Phi) is 6.03. The zero-order valence-electron chi connectivity index (χ0n) is 18.5. The Morgan fingerprint density at radius 1 is 0.914 bits per heavy atom. The first kappa shape index (κ1) is 23.1. The molecule has 180 valence electrons. The maximum atomic E-state index is 14.0. The number of hydrogen-bond donors (Lipinski definition) is 0. The van der Waals surface area contributed by atoms with Crippen molar-refractivity contribution in [1.82, 2.24) is 24.2 Å². The zero-order chi connectivity index (χ0) is 24.6. The van der Waals surface area contributed by atoms with Gasteiger partial charge in [-0.3, -0.25) is 4.79 Å². The van der Waals surface area contributed by atoms with Crippen LogP contribution in [-0.4, -0.2) is 64.7 Å². The quantitative estimate of drug-likeness (QED) is 0.423. The minimum atomic E-state index is -4.13. The number of sulfonamides is 1. The normalized spacial score (nSPS) is 15.0. The molecule has 1 aliphatic rings. The molecule has 1 saturated heterocycles. The fraction of sp³-hybridized carbons (Fsp3) is 0.208. The first-order valence-corrected chi connectivity index (χ1v) is 12.4. The SMILES string of the molecule is O=C(c1ccc(Cn2nnc3ccccc32)cc1)N1CCN(S(=O)(=O)c2ccc(F)cc2F)CC1. The second kappa shape index (κ2) is 9.16. The van der Waals surface area contributed by atoms with Crippen LogP contribution < -0.4 is 0 Å². The number of aromatic nitrogens is 3. The molecule has 0 spiro atoms. The number of nitrogens with zero attached hydrogens (tertiary/aromatic N) is 5. The molecular formula is C24H21F2N5O3S. The summed E-state index contributed by atoms with van der Waals surface area (Å²) in [6, 6.07) is 17.2. The number of amides is 1. The van der Waals surface area contributed by atoms with Gasteiger partial charge in [-0.1, -0.05) is 29.5 Å². The fourth-order valence-corrected chi connectivity index (χ4v) is 5.56. The maximum absolute atomic E-state index is 14.0. The van der Waals surface area contributed by atoms with Gasteiger partial charge in [-0.25, -0.2) is 21.9 Å². The molecular weight excluding hydrogens is 476 g/mol. The van der Waals surface area contributed by atoms with Crippen LogP contribution in [0.4, 0.5) is 8.78 Å². The summed E-state index contributed by atoms with van der Waals surface area (Å²) in [7, 11) is -4.13. The minimum Gasteiger partial charge on any atom is -0.336 e. The number of piperazine rings is 1. The lowest BCUT2D eigenvalue weighted by molar-refractivity contribution is 0.0697. The van der Waals surface area contributed by atoms with Gasteiger partial charge in [-0.2, -0.15) is 4.31 Å². The number of para-hydroxylation sites is 1. The molecule has 0 N–H and O–H groups in total. The number of hydrogen-bond acceptors (Lipinski definition) is 5. The maximum Gasteiger partial charge on any atom is 0.253 e. The van der Waals surface area contributed by atoms with Gasteiger partial charge in [0, 0.05) is 37.8 Å². The van der Waals surface area contributed by atoms with Crippen molar-refractivity contribution in [2.75, 3.05) is 26.2 Å². The molecule has 0 saturated carbocycles. The molecule has 4 aromatic rings. The van der Waals surface area contributed by atoms with Gasteiger partial charge in [0.25, 0.3) is 5.91 Å². The van der Waals surface area contributed by atoms with Crippen molar-refractivity contribution in [3.05, 3.63) is 89.5 Å². The van der Waals surface area contributed by atoms with Gasteiger partial charge in [-0.05, 0) is 42.0 Å². The first-order chi connectivity index (χ1) is 16.8. The molecule has 5 rings (SSSR count). The molecule has 3 aromatic carbocycles. The Morgan fingerprint density at radius 2 is 1.63 bits per heavy atom. The molecule has 11 heteroatoms. The predicted octanol–water partition coefficient (Wildman–Crippen LogP) is 2.90. The highest BCUT2D eigenvalue weighted by Gasteiger charge is 2.32. The summed E-state index contributed by atoms with van der Waals surface area (Å²) in [4.78, 5) is 13.9. The second-order valence-electron chi connectivity index (χ2n) is 8.20. The average Bonchev–Trinajstić information content (AvgIpc) is 3.27. The van der Waals surface area contributed by atoms with Crippen LogP contribution in [-0.2, 0) is 16.6 Å². The summed E-state index contributed by atoms with van der Waals surface area (Å²) >= 11 is 0. The molecule has 0 radical (unpaired) electrons. The van der Waals surface area contributed by atoms with Crippen molar-refractivity contribution in [3.8, 4) is 0 Å². The standard InChI is InChI=1S/C24H21F2N5O3S/c25-19-9-10-23(20(26)15-19)35(33,34)30-13-11-29(12-14-30)24(32)18-7-5-17(6-8-18)16-31-22-4-2-1-3-21(22)27-28-31/h1-10,15H,11-14,16H2. The van der Waals surface area contributed by atoms with E-state index in [2.05, 4.69) is 10.3 Å². The number of halogens is 2. The van der Waals surface area contributed by atoms with Crippen molar-refractivity contribution < 1.29 is 22.0 Å². The molecule has 0 unspecified atom stereocenters. The molecule has 35 heavy (non-hydrogen) atoms. The van der Waals surface area contributed by atoms with Crippen LogP contribution in [0, 0.1) is 11.6 Å². The number of carbonyl (C=O) groups is 1. The average molecular weight is 498 g/mol. The van der Waals surface area contributed by atoms with Crippen LogP contribution in [0.1, 0.15) is 15.9 Å². The number of rotatable bonds is 5. The minimum absolute atomic E-state index is 0.0162. The fourth-order valence-electron chi connectivity index (χ4n) is 4.10. The number of carbonyl (C=O) groups excluding carboxylic acids is 1. The van der Waals surface area contributed by atoms with Gasteiger partial charge in [-0.15, -0.1) is 5.10 Å². The molecule has 2 heterocycles. The van der Waals surface area contributed by atoms with Gasteiger partial charge in [0.05, 0.1) is 12.1 Å². The smallest absolute Gasteiger partial charge is 0.253 e. The third kappa shape index (κ3) is 4.52. The number of benzene rings is 3.